The monoisotopic (exact) mass is 377 g/mol. The number of methoxy groups -OCH3 is 1. The number of amides is 1. The Labute approximate surface area is 142 Å². The van der Waals surface area contributed by atoms with Crippen LogP contribution >= 0.6 is 15.9 Å². The summed E-state index contributed by atoms with van der Waals surface area (Å²) in [6.45, 7) is 1.53. The lowest BCUT2D eigenvalue weighted by atomic mass is 10.2. The molecule has 0 atom stereocenters. The first-order valence-electron chi connectivity index (χ1n) is 6.87. The molecule has 1 N–H and O–H groups in total. The summed E-state index contributed by atoms with van der Waals surface area (Å²) in [6.07, 6.45) is 0. The molecule has 0 bridgehead atoms. The Bertz CT molecular complexity index is 713. The Hall–Kier alpha value is -2.34. The van der Waals surface area contributed by atoms with Crippen LogP contribution in [0.25, 0.3) is 0 Å². The van der Waals surface area contributed by atoms with Crippen LogP contribution in [-0.4, -0.2) is 19.0 Å². The summed E-state index contributed by atoms with van der Waals surface area (Å²) in [7, 11) is 1.56. The molecule has 0 spiro atoms. The molecule has 0 fully saturated rings. The maximum Gasteiger partial charge on any atom is 0.338 e. The molecule has 0 radical (unpaired) electrons. The fourth-order valence-electron chi connectivity index (χ4n) is 1.98. The second-order valence-corrected chi connectivity index (χ2v) is 5.71. The molecule has 0 unspecified atom stereocenters. The predicted octanol–water partition coefficient (Wildman–Crippen LogP) is 3.77. The molecule has 2 aromatic carbocycles. The third-order valence-corrected chi connectivity index (χ3v) is 3.54. The van der Waals surface area contributed by atoms with E-state index < -0.39 is 5.97 Å². The second kappa shape index (κ2) is 7.78. The van der Waals surface area contributed by atoms with E-state index in [9.17, 15) is 9.59 Å². The first-order chi connectivity index (χ1) is 11.0. The minimum absolute atomic E-state index is 0.106. The van der Waals surface area contributed by atoms with Crippen LogP contribution in [0.15, 0.2) is 46.9 Å². The Balaban J connectivity index is 2.02. The van der Waals surface area contributed by atoms with Crippen molar-refractivity contribution < 1.29 is 19.1 Å². The van der Waals surface area contributed by atoms with Crippen molar-refractivity contribution in [2.24, 2.45) is 0 Å². The molecule has 2 rings (SSSR count). The highest BCUT2D eigenvalue weighted by atomic mass is 79.9. The molecule has 120 valence electrons. The number of rotatable bonds is 5. The van der Waals surface area contributed by atoms with Crippen LogP contribution in [0.4, 0.5) is 5.69 Å². The van der Waals surface area contributed by atoms with E-state index in [1.165, 1.54) is 6.92 Å². The van der Waals surface area contributed by atoms with Crippen LogP contribution in [-0.2, 0) is 16.1 Å². The van der Waals surface area contributed by atoms with Crippen molar-refractivity contribution in [1.82, 2.24) is 0 Å². The molecule has 23 heavy (non-hydrogen) atoms. The minimum Gasteiger partial charge on any atom is -0.496 e. The van der Waals surface area contributed by atoms with Gasteiger partial charge in [0, 0.05) is 22.6 Å². The quantitative estimate of drug-likeness (QED) is 0.805. The lowest BCUT2D eigenvalue weighted by molar-refractivity contribution is -0.114. The van der Waals surface area contributed by atoms with Crippen molar-refractivity contribution in [3.63, 3.8) is 0 Å². The fraction of sp³-hybridized carbons (Fsp3) is 0.176. The summed E-state index contributed by atoms with van der Waals surface area (Å²) in [5.41, 5.74) is 1.81. The van der Waals surface area contributed by atoms with E-state index in [0.29, 0.717) is 17.0 Å². The molecule has 1 amide bonds. The zero-order valence-corrected chi connectivity index (χ0v) is 14.3. The molecule has 0 saturated carbocycles. The number of esters is 1. The normalized spacial score (nSPS) is 10.0. The molecule has 5 nitrogen and oxygen atoms in total. The summed E-state index contributed by atoms with van der Waals surface area (Å²) < 4.78 is 11.4. The smallest absolute Gasteiger partial charge is 0.338 e. The zero-order chi connectivity index (χ0) is 16.8. The van der Waals surface area contributed by atoms with E-state index in [1.54, 1.807) is 37.4 Å². The van der Waals surface area contributed by atoms with Gasteiger partial charge in [-0.2, -0.15) is 0 Å². The molecule has 0 aliphatic rings. The van der Waals surface area contributed by atoms with Gasteiger partial charge in [0.1, 0.15) is 12.4 Å². The molecule has 0 aromatic heterocycles. The first-order valence-corrected chi connectivity index (χ1v) is 7.66. The molecule has 0 aliphatic carbocycles. The lowest BCUT2D eigenvalue weighted by Gasteiger charge is -2.10. The first kappa shape index (κ1) is 17.0. The number of hydrogen-bond acceptors (Lipinski definition) is 4. The summed E-state index contributed by atoms with van der Waals surface area (Å²) in [6, 6.07) is 12.0. The van der Waals surface area contributed by atoms with Gasteiger partial charge < -0.3 is 14.8 Å². The zero-order valence-electron chi connectivity index (χ0n) is 12.8. The van der Waals surface area contributed by atoms with Gasteiger partial charge in [-0.3, -0.25) is 4.79 Å². The van der Waals surface area contributed by atoms with Gasteiger partial charge in [-0.15, -0.1) is 0 Å². The number of ether oxygens (including phenoxy) is 2. The van der Waals surface area contributed by atoms with Gasteiger partial charge in [0.15, 0.2) is 0 Å². The van der Waals surface area contributed by atoms with Gasteiger partial charge in [-0.25, -0.2) is 4.79 Å². The Morgan fingerprint density at radius 2 is 1.83 bits per heavy atom. The van der Waals surface area contributed by atoms with Crippen molar-refractivity contribution in [3.05, 3.63) is 58.1 Å². The molecular weight excluding hydrogens is 362 g/mol. The number of nitrogens with one attached hydrogen (secondary N) is 1. The number of halogens is 1. The van der Waals surface area contributed by atoms with E-state index in [-0.39, 0.29) is 12.5 Å². The number of carbonyl (C=O) groups is 2. The van der Waals surface area contributed by atoms with E-state index in [1.807, 2.05) is 12.1 Å². The average Bonchev–Trinajstić information content (AvgIpc) is 2.53. The number of anilines is 1. The van der Waals surface area contributed by atoms with Gasteiger partial charge in [-0.05, 0) is 42.5 Å². The second-order valence-electron chi connectivity index (χ2n) is 4.79. The summed E-state index contributed by atoms with van der Waals surface area (Å²) in [5.74, 6) is 0.0467. The van der Waals surface area contributed by atoms with Crippen LogP contribution in [0.2, 0.25) is 0 Å². The van der Waals surface area contributed by atoms with Gasteiger partial charge in [0.2, 0.25) is 5.91 Å². The van der Waals surface area contributed by atoms with Gasteiger partial charge in [-0.1, -0.05) is 15.9 Å². The summed E-state index contributed by atoms with van der Waals surface area (Å²) in [4.78, 5) is 23.0. The van der Waals surface area contributed by atoms with E-state index in [0.717, 1.165) is 10.0 Å². The molecular formula is C17H16BrNO4. The molecule has 2 aromatic rings. The van der Waals surface area contributed by atoms with E-state index >= 15 is 0 Å². The number of hydrogen-bond donors (Lipinski definition) is 1. The van der Waals surface area contributed by atoms with Crippen LogP contribution < -0.4 is 10.1 Å². The molecule has 6 heteroatoms. The van der Waals surface area contributed by atoms with Crippen molar-refractivity contribution in [2.75, 3.05) is 12.4 Å². The maximum atomic E-state index is 12.1. The number of benzene rings is 2. The standard InChI is InChI=1S/C17H16BrNO4/c1-11(20)19-15-6-3-12(4-7-15)17(21)23-10-13-9-14(18)5-8-16(13)22-2/h3-9H,10H2,1-2H3,(H,19,20). The number of carbonyl (C=O) groups excluding carboxylic acids is 2. The highest BCUT2D eigenvalue weighted by molar-refractivity contribution is 9.10. The fourth-order valence-corrected chi connectivity index (χ4v) is 2.39. The van der Waals surface area contributed by atoms with Crippen molar-refractivity contribution in [2.45, 2.75) is 13.5 Å². The minimum atomic E-state index is -0.443. The van der Waals surface area contributed by atoms with Crippen LogP contribution in [0, 0.1) is 0 Å². The Morgan fingerprint density at radius 3 is 2.43 bits per heavy atom. The summed E-state index contributed by atoms with van der Waals surface area (Å²) in [5, 5.41) is 2.64. The largest absolute Gasteiger partial charge is 0.496 e. The van der Waals surface area contributed by atoms with Crippen LogP contribution in [0.3, 0.4) is 0 Å². The van der Waals surface area contributed by atoms with Crippen molar-refractivity contribution in [1.29, 1.82) is 0 Å². The topological polar surface area (TPSA) is 64.6 Å². The van der Waals surface area contributed by atoms with E-state index in [4.69, 9.17) is 9.47 Å². The van der Waals surface area contributed by atoms with Crippen LogP contribution in [0.1, 0.15) is 22.8 Å². The van der Waals surface area contributed by atoms with Gasteiger partial charge in [0.05, 0.1) is 12.7 Å². The molecule has 0 heterocycles. The van der Waals surface area contributed by atoms with Gasteiger partial charge >= 0.3 is 5.97 Å². The lowest BCUT2D eigenvalue weighted by Crippen LogP contribution is -2.08. The third kappa shape index (κ3) is 4.82. The van der Waals surface area contributed by atoms with Crippen molar-refractivity contribution in [3.8, 4) is 5.75 Å². The maximum absolute atomic E-state index is 12.1. The molecule has 0 saturated heterocycles. The van der Waals surface area contributed by atoms with Crippen LogP contribution in [0.5, 0.6) is 5.75 Å². The third-order valence-electron chi connectivity index (χ3n) is 3.04. The SMILES string of the molecule is COc1ccc(Br)cc1COC(=O)c1ccc(NC(C)=O)cc1. The van der Waals surface area contributed by atoms with Crippen molar-refractivity contribution >= 4 is 33.5 Å². The Morgan fingerprint density at radius 1 is 1.13 bits per heavy atom. The molecule has 0 aliphatic heterocycles. The highest BCUT2D eigenvalue weighted by Crippen LogP contribution is 2.24. The van der Waals surface area contributed by atoms with Gasteiger partial charge in [0.25, 0.3) is 0 Å². The summed E-state index contributed by atoms with van der Waals surface area (Å²) >= 11 is 3.37. The Kier molecular flexibility index (Phi) is 5.76. The average molecular weight is 378 g/mol. The van der Waals surface area contributed by atoms with E-state index in [2.05, 4.69) is 21.2 Å². The highest BCUT2D eigenvalue weighted by Gasteiger charge is 2.10. The predicted molar refractivity (Wildman–Crippen MR) is 90.6 cm³/mol.